The lowest BCUT2D eigenvalue weighted by Gasteiger charge is -2.33. The standard InChI is InChI=1S/C52H65I/c1-5-9-13-19-33-51(34-20-14-10-6-2)47-24-18-17-23-43(47)44-30-27-40(37-48(44)51)25-26-41-28-31-45-46-32-29-42(53)39-50(46)52(49(45)38-41,35-21-15-11-7-3)36-22-16-12-8-4/h17-18,23-24,27-32,37-39H,5-16,19-22,33-36H2,1-4H3. The smallest absolute Gasteiger partial charge is 0.0252 e. The van der Waals surface area contributed by atoms with E-state index in [4.69, 9.17) is 0 Å². The van der Waals surface area contributed by atoms with Gasteiger partial charge in [0.1, 0.15) is 0 Å². The molecule has 0 unspecified atom stereocenters. The fourth-order valence-corrected chi connectivity index (χ4v) is 10.5. The molecular formula is C52H65I. The van der Waals surface area contributed by atoms with E-state index in [0.717, 1.165) is 11.1 Å². The van der Waals surface area contributed by atoms with Crippen LogP contribution in [0.15, 0.2) is 78.9 Å². The highest BCUT2D eigenvalue weighted by Gasteiger charge is 2.43. The maximum absolute atomic E-state index is 3.73. The Morgan fingerprint density at radius 3 is 1.23 bits per heavy atom. The fraction of sp³-hybridized carbons (Fsp3) is 0.500. The Morgan fingerprint density at radius 1 is 0.396 bits per heavy atom. The van der Waals surface area contributed by atoms with Crippen molar-refractivity contribution < 1.29 is 0 Å². The molecule has 4 aromatic carbocycles. The number of rotatable bonds is 20. The second-order valence-electron chi connectivity index (χ2n) is 16.4. The van der Waals surface area contributed by atoms with Crippen molar-refractivity contribution in [2.75, 3.05) is 0 Å². The van der Waals surface area contributed by atoms with Crippen LogP contribution in [0.5, 0.6) is 0 Å². The van der Waals surface area contributed by atoms with Gasteiger partial charge in [0.05, 0.1) is 0 Å². The van der Waals surface area contributed by atoms with Gasteiger partial charge in [-0.1, -0.05) is 185 Å². The average Bonchev–Trinajstić information content (AvgIpc) is 3.60. The van der Waals surface area contributed by atoms with Crippen LogP contribution in [0.1, 0.15) is 189 Å². The van der Waals surface area contributed by atoms with Gasteiger partial charge in [-0.25, -0.2) is 0 Å². The fourth-order valence-electron chi connectivity index (χ4n) is 9.96. The summed E-state index contributed by atoms with van der Waals surface area (Å²) < 4.78 is 1.35. The van der Waals surface area contributed by atoms with E-state index < -0.39 is 0 Å². The first-order chi connectivity index (χ1) is 26.0. The third kappa shape index (κ3) is 8.70. The summed E-state index contributed by atoms with van der Waals surface area (Å²) in [7, 11) is 0. The summed E-state index contributed by atoms with van der Waals surface area (Å²) in [6.07, 6.45) is 25.8. The van der Waals surface area contributed by atoms with Crippen LogP contribution in [-0.2, 0) is 10.8 Å². The number of halogens is 1. The van der Waals surface area contributed by atoms with E-state index in [9.17, 15) is 0 Å². The molecule has 0 spiro atoms. The third-order valence-corrected chi connectivity index (χ3v) is 13.4. The Morgan fingerprint density at radius 2 is 0.774 bits per heavy atom. The zero-order valence-corrected chi connectivity index (χ0v) is 35.7. The molecule has 0 saturated carbocycles. The minimum atomic E-state index is 0.0829. The molecule has 2 aliphatic rings. The van der Waals surface area contributed by atoms with Gasteiger partial charge >= 0.3 is 0 Å². The zero-order chi connectivity index (χ0) is 37.1. The summed E-state index contributed by atoms with van der Waals surface area (Å²) in [5.41, 5.74) is 14.5. The molecule has 0 bridgehead atoms. The molecule has 6 rings (SSSR count). The summed E-state index contributed by atoms with van der Waals surface area (Å²) in [5.74, 6) is 7.45. The molecule has 0 aromatic heterocycles. The first-order valence-electron chi connectivity index (χ1n) is 21.7. The molecule has 0 heterocycles. The largest absolute Gasteiger partial charge is 0.0654 e. The van der Waals surface area contributed by atoms with E-state index in [0.29, 0.717) is 0 Å². The van der Waals surface area contributed by atoms with Gasteiger partial charge in [0, 0.05) is 25.5 Å². The third-order valence-electron chi connectivity index (χ3n) is 12.8. The Hall–Kier alpha value is -2.83. The van der Waals surface area contributed by atoms with Crippen LogP contribution in [0.4, 0.5) is 0 Å². The second kappa shape index (κ2) is 19.2. The molecule has 0 fully saturated rings. The molecule has 53 heavy (non-hydrogen) atoms. The van der Waals surface area contributed by atoms with Crippen molar-refractivity contribution in [1.82, 2.24) is 0 Å². The Balaban J connectivity index is 1.37. The first kappa shape index (κ1) is 39.9. The lowest BCUT2D eigenvalue weighted by Crippen LogP contribution is -2.26. The number of hydrogen-bond donors (Lipinski definition) is 0. The Kier molecular flexibility index (Phi) is 14.4. The van der Waals surface area contributed by atoms with E-state index in [-0.39, 0.29) is 10.8 Å². The van der Waals surface area contributed by atoms with Crippen molar-refractivity contribution in [2.45, 2.75) is 167 Å². The molecule has 0 N–H and O–H groups in total. The van der Waals surface area contributed by atoms with E-state index in [2.05, 4.69) is 141 Å². The van der Waals surface area contributed by atoms with Crippen molar-refractivity contribution in [3.8, 4) is 34.1 Å². The van der Waals surface area contributed by atoms with Crippen molar-refractivity contribution >= 4 is 22.6 Å². The molecule has 1 heteroatoms. The molecular weight excluding hydrogens is 751 g/mol. The number of fused-ring (bicyclic) bond motifs is 6. The van der Waals surface area contributed by atoms with Crippen LogP contribution in [0.25, 0.3) is 22.3 Å². The van der Waals surface area contributed by atoms with Crippen LogP contribution in [-0.4, -0.2) is 0 Å². The van der Waals surface area contributed by atoms with Crippen molar-refractivity contribution in [1.29, 1.82) is 0 Å². The van der Waals surface area contributed by atoms with Crippen molar-refractivity contribution in [3.05, 3.63) is 116 Å². The SMILES string of the molecule is CCCCCCC1(CCCCCC)c2ccccc2-c2ccc(C#Cc3ccc4c(c3)C(CCCCCC)(CCCCCC)c3cc(I)ccc3-4)cc21. The topological polar surface area (TPSA) is 0 Å². The Bertz CT molecular complexity index is 1840. The monoisotopic (exact) mass is 816 g/mol. The highest BCUT2D eigenvalue weighted by atomic mass is 127. The maximum atomic E-state index is 3.73. The Labute approximate surface area is 337 Å². The van der Waals surface area contributed by atoms with Gasteiger partial charge in [-0.2, -0.15) is 0 Å². The zero-order valence-electron chi connectivity index (χ0n) is 33.5. The summed E-state index contributed by atoms with van der Waals surface area (Å²) in [5, 5.41) is 0. The molecule has 0 nitrogen and oxygen atoms in total. The van der Waals surface area contributed by atoms with E-state index in [1.165, 1.54) is 165 Å². The number of hydrogen-bond acceptors (Lipinski definition) is 0. The second-order valence-corrected chi connectivity index (χ2v) is 17.7. The molecule has 280 valence electrons. The van der Waals surface area contributed by atoms with Gasteiger partial charge in [-0.05, 0) is 129 Å². The predicted molar refractivity (Wildman–Crippen MR) is 239 cm³/mol. The summed E-state index contributed by atoms with van der Waals surface area (Å²) in [4.78, 5) is 0. The average molecular weight is 817 g/mol. The van der Waals surface area contributed by atoms with Crippen LogP contribution in [0, 0.1) is 15.4 Å². The van der Waals surface area contributed by atoms with Crippen LogP contribution < -0.4 is 0 Å². The van der Waals surface area contributed by atoms with Gasteiger partial charge < -0.3 is 0 Å². The lowest BCUT2D eigenvalue weighted by atomic mass is 9.70. The minimum absolute atomic E-state index is 0.0829. The predicted octanol–water partition coefficient (Wildman–Crippen LogP) is 16.1. The van der Waals surface area contributed by atoms with Crippen molar-refractivity contribution in [3.63, 3.8) is 0 Å². The quantitative estimate of drug-likeness (QED) is 0.0474. The molecule has 0 saturated heterocycles. The number of unbranched alkanes of at least 4 members (excludes halogenated alkanes) is 12. The van der Waals surface area contributed by atoms with E-state index in [1.54, 1.807) is 11.1 Å². The van der Waals surface area contributed by atoms with Crippen LogP contribution in [0.3, 0.4) is 0 Å². The minimum Gasteiger partial charge on any atom is -0.0654 e. The summed E-state index contributed by atoms with van der Waals surface area (Å²) >= 11 is 2.53. The molecule has 0 amide bonds. The van der Waals surface area contributed by atoms with E-state index in [1.807, 2.05) is 0 Å². The van der Waals surface area contributed by atoms with Crippen molar-refractivity contribution in [2.24, 2.45) is 0 Å². The van der Waals surface area contributed by atoms with Crippen LogP contribution in [0.2, 0.25) is 0 Å². The van der Waals surface area contributed by atoms with Gasteiger partial charge in [0.15, 0.2) is 0 Å². The van der Waals surface area contributed by atoms with Crippen LogP contribution >= 0.6 is 22.6 Å². The van der Waals surface area contributed by atoms with Gasteiger partial charge in [-0.15, -0.1) is 0 Å². The summed E-state index contributed by atoms with van der Waals surface area (Å²) in [6.45, 7) is 9.31. The number of benzene rings is 4. The summed E-state index contributed by atoms with van der Waals surface area (Å²) in [6, 6.07) is 31.0. The van der Waals surface area contributed by atoms with E-state index >= 15 is 0 Å². The first-order valence-corrected chi connectivity index (χ1v) is 22.8. The maximum Gasteiger partial charge on any atom is 0.0252 e. The highest BCUT2D eigenvalue weighted by molar-refractivity contribution is 14.1. The lowest BCUT2D eigenvalue weighted by molar-refractivity contribution is 0.401. The molecule has 0 radical (unpaired) electrons. The van der Waals surface area contributed by atoms with Gasteiger partial charge in [-0.3, -0.25) is 0 Å². The molecule has 2 aliphatic carbocycles. The normalized spacial score (nSPS) is 14.3. The molecule has 0 aliphatic heterocycles. The molecule has 4 aromatic rings. The highest BCUT2D eigenvalue weighted by Crippen LogP contribution is 2.56. The van der Waals surface area contributed by atoms with Gasteiger partial charge in [0.25, 0.3) is 0 Å². The molecule has 0 atom stereocenters. The van der Waals surface area contributed by atoms with Gasteiger partial charge in [0.2, 0.25) is 0 Å².